The SMILES string of the molecule is Nc1ccc([N+](=O)[O-])c(NCC(F)(F)C(F)F)n1. The van der Waals surface area contributed by atoms with E-state index in [0.717, 1.165) is 12.1 Å². The quantitative estimate of drug-likeness (QED) is 0.483. The van der Waals surface area contributed by atoms with Gasteiger partial charge in [-0.25, -0.2) is 13.8 Å². The highest BCUT2D eigenvalue weighted by molar-refractivity contribution is 5.59. The van der Waals surface area contributed by atoms with Gasteiger partial charge in [-0.2, -0.15) is 8.78 Å². The van der Waals surface area contributed by atoms with Gasteiger partial charge < -0.3 is 11.1 Å². The van der Waals surface area contributed by atoms with Gasteiger partial charge in [0, 0.05) is 6.07 Å². The molecule has 0 fully saturated rings. The lowest BCUT2D eigenvalue weighted by Gasteiger charge is -2.16. The van der Waals surface area contributed by atoms with Crippen molar-refractivity contribution in [1.82, 2.24) is 4.98 Å². The number of nitro groups is 1. The van der Waals surface area contributed by atoms with Crippen molar-refractivity contribution in [2.45, 2.75) is 12.3 Å². The second-order valence-electron chi connectivity index (χ2n) is 3.28. The maximum absolute atomic E-state index is 12.6. The number of nitrogens with one attached hydrogen (secondary N) is 1. The van der Waals surface area contributed by atoms with E-state index in [1.165, 1.54) is 0 Å². The minimum absolute atomic E-state index is 0.163. The fourth-order valence-corrected chi connectivity index (χ4v) is 1.02. The number of anilines is 2. The van der Waals surface area contributed by atoms with Crippen molar-refractivity contribution in [2.75, 3.05) is 17.6 Å². The van der Waals surface area contributed by atoms with Crippen LogP contribution in [0.25, 0.3) is 0 Å². The molecule has 1 rings (SSSR count). The molecule has 18 heavy (non-hydrogen) atoms. The summed E-state index contributed by atoms with van der Waals surface area (Å²) in [5.41, 5.74) is 4.59. The van der Waals surface area contributed by atoms with Gasteiger partial charge in [-0.3, -0.25) is 10.1 Å². The van der Waals surface area contributed by atoms with Crippen LogP contribution in [0.4, 0.5) is 34.9 Å². The normalized spacial score (nSPS) is 11.6. The number of aromatic nitrogens is 1. The summed E-state index contributed by atoms with van der Waals surface area (Å²) in [6.45, 7) is -1.48. The van der Waals surface area contributed by atoms with Crippen molar-refractivity contribution in [3.63, 3.8) is 0 Å². The second kappa shape index (κ2) is 5.02. The lowest BCUT2D eigenvalue weighted by atomic mass is 10.3. The third-order valence-electron chi connectivity index (χ3n) is 1.90. The Bertz CT molecular complexity index is 455. The molecule has 1 aromatic rings. The minimum atomic E-state index is -4.32. The zero-order valence-corrected chi connectivity index (χ0v) is 8.74. The van der Waals surface area contributed by atoms with Gasteiger partial charge in [0.1, 0.15) is 5.82 Å². The van der Waals surface area contributed by atoms with Crippen LogP contribution in [-0.2, 0) is 0 Å². The molecule has 100 valence electrons. The van der Waals surface area contributed by atoms with Crippen molar-refractivity contribution in [2.24, 2.45) is 0 Å². The third-order valence-corrected chi connectivity index (χ3v) is 1.90. The summed E-state index contributed by atoms with van der Waals surface area (Å²) in [5.74, 6) is -5.07. The van der Waals surface area contributed by atoms with Crippen molar-refractivity contribution >= 4 is 17.3 Å². The summed E-state index contributed by atoms with van der Waals surface area (Å²) in [5, 5.41) is 12.3. The summed E-state index contributed by atoms with van der Waals surface area (Å²) >= 11 is 0. The highest BCUT2D eigenvalue weighted by Gasteiger charge is 2.40. The van der Waals surface area contributed by atoms with E-state index in [4.69, 9.17) is 5.73 Å². The molecule has 0 aliphatic rings. The fourth-order valence-electron chi connectivity index (χ4n) is 1.02. The molecular weight excluding hydrogens is 260 g/mol. The molecule has 6 nitrogen and oxygen atoms in total. The van der Waals surface area contributed by atoms with Gasteiger partial charge in [-0.1, -0.05) is 0 Å². The molecule has 0 spiro atoms. The number of nitrogens with zero attached hydrogens (tertiary/aromatic N) is 2. The van der Waals surface area contributed by atoms with E-state index in [2.05, 4.69) is 4.98 Å². The van der Waals surface area contributed by atoms with Gasteiger partial charge in [0.15, 0.2) is 0 Å². The highest BCUT2D eigenvalue weighted by Crippen LogP contribution is 2.27. The van der Waals surface area contributed by atoms with Gasteiger partial charge in [-0.15, -0.1) is 0 Å². The first kappa shape index (κ1) is 13.9. The molecule has 0 aliphatic carbocycles. The van der Waals surface area contributed by atoms with E-state index < -0.39 is 35.3 Å². The predicted molar refractivity (Wildman–Crippen MR) is 54.7 cm³/mol. The van der Waals surface area contributed by atoms with Crippen molar-refractivity contribution < 1.29 is 22.5 Å². The Balaban J connectivity index is 2.90. The Morgan fingerprint density at radius 3 is 2.61 bits per heavy atom. The molecule has 10 heteroatoms. The highest BCUT2D eigenvalue weighted by atomic mass is 19.3. The molecule has 3 N–H and O–H groups in total. The van der Waals surface area contributed by atoms with Crippen LogP contribution in [0.15, 0.2) is 12.1 Å². The maximum Gasteiger partial charge on any atom is 0.324 e. The Hall–Kier alpha value is -2.13. The van der Waals surface area contributed by atoms with Crippen molar-refractivity contribution in [1.29, 1.82) is 0 Å². The number of hydrogen-bond acceptors (Lipinski definition) is 5. The lowest BCUT2D eigenvalue weighted by Crippen LogP contribution is -2.35. The molecule has 1 heterocycles. The number of nitrogen functional groups attached to an aromatic ring is 1. The van der Waals surface area contributed by atoms with Gasteiger partial charge in [0.05, 0.1) is 11.5 Å². The second-order valence-corrected chi connectivity index (χ2v) is 3.28. The first-order valence-corrected chi connectivity index (χ1v) is 4.55. The van der Waals surface area contributed by atoms with Crippen LogP contribution in [0, 0.1) is 10.1 Å². The van der Waals surface area contributed by atoms with E-state index in [-0.39, 0.29) is 5.82 Å². The van der Waals surface area contributed by atoms with Crippen LogP contribution in [0.3, 0.4) is 0 Å². The van der Waals surface area contributed by atoms with E-state index in [0.29, 0.717) is 0 Å². The Labute approximate surface area is 98.0 Å². The first-order valence-electron chi connectivity index (χ1n) is 4.55. The molecule has 1 aromatic heterocycles. The topological polar surface area (TPSA) is 94.1 Å². The lowest BCUT2D eigenvalue weighted by molar-refractivity contribution is -0.384. The smallest absolute Gasteiger partial charge is 0.324 e. The maximum atomic E-state index is 12.6. The summed E-state index contributed by atoms with van der Waals surface area (Å²) in [6, 6.07) is 2.03. The summed E-state index contributed by atoms with van der Waals surface area (Å²) in [4.78, 5) is 13.1. The molecule has 0 bridgehead atoms. The number of rotatable bonds is 5. The standard InChI is InChI=1S/C8H8F4N4O2/c9-7(10)8(11,12)3-14-6-4(16(17)18)1-2-5(13)15-6/h1-2,7H,3H2,(H3,13,14,15). The van der Waals surface area contributed by atoms with E-state index in [1.54, 1.807) is 5.32 Å². The van der Waals surface area contributed by atoms with Crippen molar-refractivity contribution in [3.8, 4) is 0 Å². The van der Waals surface area contributed by atoms with Crippen LogP contribution in [-0.4, -0.2) is 28.8 Å². The molecular formula is C8H8F4N4O2. The Morgan fingerprint density at radius 2 is 2.11 bits per heavy atom. The average Bonchev–Trinajstić information content (AvgIpc) is 2.26. The molecule has 0 unspecified atom stereocenters. The third kappa shape index (κ3) is 3.18. The van der Waals surface area contributed by atoms with Crippen LogP contribution in [0.5, 0.6) is 0 Å². The molecule has 0 aliphatic heterocycles. The summed E-state index contributed by atoms with van der Waals surface area (Å²) < 4.78 is 49.0. The summed E-state index contributed by atoms with van der Waals surface area (Å²) in [7, 11) is 0. The molecule has 0 atom stereocenters. The molecule has 0 saturated carbocycles. The van der Waals surface area contributed by atoms with E-state index >= 15 is 0 Å². The number of halogens is 4. The largest absolute Gasteiger partial charge is 0.384 e. The van der Waals surface area contributed by atoms with Gasteiger partial charge in [0.25, 0.3) is 0 Å². The molecule has 0 aromatic carbocycles. The van der Waals surface area contributed by atoms with E-state index in [1.807, 2.05) is 0 Å². The van der Waals surface area contributed by atoms with Gasteiger partial charge in [0.2, 0.25) is 5.82 Å². The number of nitrogens with two attached hydrogens (primary N) is 1. The fraction of sp³-hybridized carbons (Fsp3) is 0.375. The minimum Gasteiger partial charge on any atom is -0.384 e. The zero-order chi connectivity index (χ0) is 13.9. The predicted octanol–water partition coefficient (Wildman–Crippen LogP) is 1.88. The monoisotopic (exact) mass is 268 g/mol. The first-order chi connectivity index (χ1) is 8.24. The van der Waals surface area contributed by atoms with Crippen LogP contribution in [0.1, 0.15) is 0 Å². The van der Waals surface area contributed by atoms with Crippen LogP contribution in [0.2, 0.25) is 0 Å². The number of alkyl halides is 4. The van der Waals surface area contributed by atoms with E-state index in [9.17, 15) is 27.7 Å². The molecule has 0 amide bonds. The number of pyridine rings is 1. The Morgan fingerprint density at radius 1 is 1.50 bits per heavy atom. The average molecular weight is 268 g/mol. The van der Waals surface area contributed by atoms with Gasteiger partial charge in [-0.05, 0) is 6.07 Å². The molecule has 0 saturated heterocycles. The van der Waals surface area contributed by atoms with Gasteiger partial charge >= 0.3 is 18.0 Å². The van der Waals surface area contributed by atoms with Crippen LogP contribution < -0.4 is 11.1 Å². The summed E-state index contributed by atoms with van der Waals surface area (Å²) in [6.07, 6.45) is -3.88. The molecule has 0 radical (unpaired) electrons. The zero-order valence-electron chi connectivity index (χ0n) is 8.74. The Kier molecular flexibility index (Phi) is 3.89. The van der Waals surface area contributed by atoms with Crippen molar-refractivity contribution in [3.05, 3.63) is 22.2 Å². The van der Waals surface area contributed by atoms with Crippen LogP contribution >= 0.6 is 0 Å². The number of hydrogen-bond donors (Lipinski definition) is 2.